The Labute approximate surface area is 201 Å². The maximum atomic E-state index is 13.9. The minimum Gasteiger partial charge on any atom is -0.299 e. The van der Waals surface area contributed by atoms with Crippen LogP contribution in [0, 0.1) is 24.2 Å². The van der Waals surface area contributed by atoms with Gasteiger partial charge in [-0.25, -0.2) is 8.42 Å². The average Bonchev–Trinajstić information content (AvgIpc) is 3.23. The van der Waals surface area contributed by atoms with Crippen LogP contribution in [0.1, 0.15) is 29.2 Å². The van der Waals surface area contributed by atoms with Crippen molar-refractivity contribution in [3.05, 3.63) is 89.5 Å². The first-order chi connectivity index (χ1) is 16.4. The van der Waals surface area contributed by atoms with E-state index in [1.165, 1.54) is 0 Å². The third-order valence-electron chi connectivity index (χ3n) is 7.03. The molecule has 0 amide bonds. The third-order valence-corrected chi connectivity index (χ3v) is 9.06. The summed E-state index contributed by atoms with van der Waals surface area (Å²) in [6, 6.07) is 24.7. The number of rotatable bonds is 4. The predicted molar refractivity (Wildman–Crippen MR) is 130 cm³/mol. The van der Waals surface area contributed by atoms with Crippen LogP contribution in [0.5, 0.6) is 0 Å². The Morgan fingerprint density at radius 2 is 1.76 bits per heavy atom. The smallest absolute Gasteiger partial charge is 0.243 e. The van der Waals surface area contributed by atoms with Gasteiger partial charge in [-0.2, -0.15) is 14.6 Å². The van der Waals surface area contributed by atoms with Gasteiger partial charge in [-0.3, -0.25) is 4.84 Å². The Morgan fingerprint density at radius 3 is 2.50 bits per heavy atom. The lowest BCUT2D eigenvalue weighted by molar-refractivity contribution is -0.113. The molecule has 0 aromatic heterocycles. The van der Waals surface area contributed by atoms with Crippen LogP contribution in [0.25, 0.3) is 11.1 Å². The van der Waals surface area contributed by atoms with Gasteiger partial charge < -0.3 is 0 Å². The van der Waals surface area contributed by atoms with Gasteiger partial charge in [0.1, 0.15) is 0 Å². The SMILES string of the molecule is Cc1ccccc1S(=O)(=O)N1C[C@H]2CON(C)[C@H]2C[C@H]1c1cccc(-c2ccc(C#N)cc2)c1. The number of sulfonamides is 1. The van der Waals surface area contributed by atoms with Crippen LogP contribution in [0.15, 0.2) is 77.7 Å². The van der Waals surface area contributed by atoms with E-state index in [-0.39, 0.29) is 18.0 Å². The highest BCUT2D eigenvalue weighted by Crippen LogP contribution is 2.42. The van der Waals surface area contributed by atoms with E-state index in [4.69, 9.17) is 10.1 Å². The molecule has 7 heteroatoms. The van der Waals surface area contributed by atoms with Crippen molar-refractivity contribution in [1.82, 2.24) is 9.37 Å². The molecule has 34 heavy (non-hydrogen) atoms. The Kier molecular flexibility index (Phi) is 6.00. The lowest BCUT2D eigenvalue weighted by Gasteiger charge is -2.41. The molecule has 3 aromatic carbocycles. The zero-order valence-corrected chi connectivity index (χ0v) is 20.1. The van der Waals surface area contributed by atoms with Crippen molar-refractivity contribution in [1.29, 1.82) is 5.26 Å². The number of aryl methyl sites for hydroxylation is 1. The van der Waals surface area contributed by atoms with Crippen LogP contribution in [0.4, 0.5) is 0 Å². The topological polar surface area (TPSA) is 73.6 Å². The van der Waals surface area contributed by atoms with E-state index >= 15 is 0 Å². The van der Waals surface area contributed by atoms with Gasteiger partial charge in [0, 0.05) is 25.6 Å². The average molecular weight is 474 g/mol. The maximum Gasteiger partial charge on any atom is 0.243 e. The minimum atomic E-state index is -3.71. The molecule has 2 aliphatic rings. The molecule has 3 aromatic rings. The number of benzene rings is 3. The summed E-state index contributed by atoms with van der Waals surface area (Å²) in [6.45, 7) is 2.78. The summed E-state index contributed by atoms with van der Waals surface area (Å²) in [5.41, 5.74) is 4.29. The maximum absolute atomic E-state index is 13.9. The zero-order valence-electron chi connectivity index (χ0n) is 19.3. The van der Waals surface area contributed by atoms with Gasteiger partial charge in [0.25, 0.3) is 0 Å². The van der Waals surface area contributed by atoms with Crippen LogP contribution in [0.3, 0.4) is 0 Å². The van der Waals surface area contributed by atoms with Crippen molar-refractivity contribution in [2.75, 3.05) is 20.2 Å². The van der Waals surface area contributed by atoms with E-state index in [1.54, 1.807) is 28.6 Å². The number of hydrogen-bond acceptors (Lipinski definition) is 5. The molecule has 5 rings (SSSR count). The molecule has 3 atom stereocenters. The number of hydrogen-bond donors (Lipinski definition) is 0. The monoisotopic (exact) mass is 473 g/mol. The van der Waals surface area contributed by atoms with Gasteiger partial charge in [0.2, 0.25) is 10.0 Å². The van der Waals surface area contributed by atoms with E-state index in [0.717, 1.165) is 22.3 Å². The number of fused-ring (bicyclic) bond motifs is 1. The Bertz CT molecular complexity index is 1350. The normalized spacial score (nSPS) is 23.4. The largest absolute Gasteiger partial charge is 0.299 e. The van der Waals surface area contributed by atoms with Crippen molar-refractivity contribution in [3.8, 4) is 17.2 Å². The highest BCUT2D eigenvalue weighted by Gasteiger charge is 2.47. The first kappa shape index (κ1) is 22.8. The van der Waals surface area contributed by atoms with E-state index in [1.807, 2.05) is 61.5 Å². The number of nitrogens with zero attached hydrogens (tertiary/aromatic N) is 3. The van der Waals surface area contributed by atoms with Gasteiger partial charge in [-0.15, -0.1) is 0 Å². The van der Waals surface area contributed by atoms with Crippen molar-refractivity contribution in [2.24, 2.45) is 5.92 Å². The predicted octanol–water partition coefficient (Wildman–Crippen LogP) is 4.53. The summed E-state index contributed by atoms with van der Waals surface area (Å²) in [6.07, 6.45) is 0.656. The van der Waals surface area contributed by atoms with Crippen molar-refractivity contribution >= 4 is 10.0 Å². The van der Waals surface area contributed by atoms with Crippen molar-refractivity contribution < 1.29 is 13.3 Å². The van der Waals surface area contributed by atoms with Gasteiger partial charge in [-0.1, -0.05) is 48.5 Å². The lowest BCUT2D eigenvalue weighted by Crippen LogP contribution is -2.49. The van der Waals surface area contributed by atoms with Crippen LogP contribution in [-0.2, 0) is 14.9 Å². The molecule has 174 valence electrons. The number of piperidine rings is 1. The molecule has 0 N–H and O–H groups in total. The van der Waals surface area contributed by atoms with Gasteiger partial charge in [0.15, 0.2) is 0 Å². The fourth-order valence-electron chi connectivity index (χ4n) is 5.14. The first-order valence-electron chi connectivity index (χ1n) is 11.4. The number of nitriles is 1. The molecule has 6 nitrogen and oxygen atoms in total. The van der Waals surface area contributed by atoms with Crippen LogP contribution < -0.4 is 0 Å². The van der Waals surface area contributed by atoms with E-state index in [9.17, 15) is 8.42 Å². The van der Waals surface area contributed by atoms with Crippen molar-refractivity contribution in [3.63, 3.8) is 0 Å². The standard InChI is InChI=1S/C27H27N3O3S/c1-19-6-3-4-9-27(19)34(31,32)30-17-24-18-33-29(2)25(24)15-26(30)23-8-5-7-22(14-23)21-12-10-20(16-28)11-13-21/h3-14,24-26H,15,17-18H2,1-2H3/t24-,25-,26-/m0/s1. The fraction of sp³-hybridized carbons (Fsp3) is 0.296. The molecule has 0 saturated carbocycles. The highest BCUT2D eigenvalue weighted by atomic mass is 32.2. The molecular weight excluding hydrogens is 446 g/mol. The number of hydroxylamine groups is 2. The summed E-state index contributed by atoms with van der Waals surface area (Å²) in [4.78, 5) is 6.13. The van der Waals surface area contributed by atoms with Crippen LogP contribution in [-0.4, -0.2) is 44.0 Å². The molecule has 2 heterocycles. The highest BCUT2D eigenvalue weighted by molar-refractivity contribution is 7.89. The second-order valence-electron chi connectivity index (χ2n) is 9.08. The molecule has 0 unspecified atom stereocenters. The Morgan fingerprint density at radius 1 is 1.00 bits per heavy atom. The minimum absolute atomic E-state index is 0.127. The Balaban J connectivity index is 1.57. The molecule has 0 bridgehead atoms. The van der Waals surface area contributed by atoms with E-state index in [2.05, 4.69) is 12.1 Å². The Hall–Kier alpha value is -3.02. The van der Waals surface area contributed by atoms with E-state index < -0.39 is 10.0 Å². The molecule has 0 spiro atoms. The summed E-state index contributed by atoms with van der Waals surface area (Å²) in [5.74, 6) is 0.127. The van der Waals surface area contributed by atoms with Gasteiger partial charge in [-0.05, 0) is 59.9 Å². The van der Waals surface area contributed by atoms with Crippen molar-refractivity contribution in [2.45, 2.75) is 30.3 Å². The van der Waals surface area contributed by atoms with Gasteiger partial charge in [0.05, 0.1) is 29.2 Å². The molecule has 2 fully saturated rings. The van der Waals surface area contributed by atoms with E-state index in [0.29, 0.717) is 30.0 Å². The van der Waals surface area contributed by atoms with Crippen LogP contribution in [0.2, 0.25) is 0 Å². The fourth-order valence-corrected chi connectivity index (χ4v) is 7.05. The molecule has 0 radical (unpaired) electrons. The molecule has 2 aliphatic heterocycles. The molecule has 0 aliphatic carbocycles. The second-order valence-corrected chi connectivity index (χ2v) is 10.9. The summed E-state index contributed by atoms with van der Waals surface area (Å²) in [5, 5.41) is 11.0. The van der Waals surface area contributed by atoms with Gasteiger partial charge >= 0.3 is 0 Å². The zero-order chi connectivity index (χ0) is 23.9. The summed E-state index contributed by atoms with van der Waals surface area (Å²) >= 11 is 0. The lowest BCUT2D eigenvalue weighted by atomic mass is 9.86. The molecular formula is C27H27N3O3S. The quantitative estimate of drug-likeness (QED) is 0.557. The molecule has 2 saturated heterocycles. The summed E-state index contributed by atoms with van der Waals surface area (Å²) < 4.78 is 29.5. The van der Waals surface area contributed by atoms with Crippen LogP contribution >= 0.6 is 0 Å². The summed E-state index contributed by atoms with van der Waals surface area (Å²) in [7, 11) is -1.78. The third kappa shape index (κ3) is 4.04. The second kappa shape index (κ2) is 8.97. The first-order valence-corrected chi connectivity index (χ1v) is 12.9.